The van der Waals surface area contributed by atoms with Gasteiger partial charge < -0.3 is 10.9 Å². The number of nitrogens with two attached hydrogens (primary N) is 1. The van der Waals surface area contributed by atoms with Gasteiger partial charge in [0.25, 0.3) is 0 Å². The standard InChI is InChI=1S/C11H16N6OS2/c1-4-19-17-8-7(9(12)15-18)5-6-13-10(8)14-11(17)20-16(2)3/h5-6,18H,4H2,1-3H3,(H2,12,15). The van der Waals surface area contributed by atoms with Crippen molar-refractivity contribution in [2.45, 2.75) is 12.1 Å². The Morgan fingerprint density at radius 2 is 2.30 bits per heavy atom. The molecule has 0 saturated heterocycles. The van der Waals surface area contributed by atoms with Crippen LogP contribution in [0.15, 0.2) is 22.6 Å². The molecule has 108 valence electrons. The second kappa shape index (κ2) is 6.33. The van der Waals surface area contributed by atoms with Crippen LogP contribution in [0.25, 0.3) is 11.2 Å². The summed E-state index contributed by atoms with van der Waals surface area (Å²) in [5.74, 6) is 0.924. The maximum Gasteiger partial charge on any atom is 0.196 e. The molecule has 0 radical (unpaired) electrons. The minimum atomic E-state index is 0.0525. The van der Waals surface area contributed by atoms with E-state index in [1.807, 2.05) is 22.4 Å². The van der Waals surface area contributed by atoms with Crippen LogP contribution in [-0.4, -0.2) is 49.1 Å². The third-order valence-corrected chi connectivity index (χ3v) is 4.18. The zero-order valence-electron chi connectivity index (χ0n) is 11.4. The molecular weight excluding hydrogens is 296 g/mol. The minimum absolute atomic E-state index is 0.0525. The Bertz CT molecular complexity index is 639. The molecule has 7 nitrogen and oxygen atoms in total. The molecule has 0 saturated carbocycles. The van der Waals surface area contributed by atoms with Crippen LogP contribution in [0.5, 0.6) is 0 Å². The van der Waals surface area contributed by atoms with E-state index >= 15 is 0 Å². The fourth-order valence-corrected chi connectivity index (χ4v) is 3.28. The van der Waals surface area contributed by atoms with Crippen molar-refractivity contribution < 1.29 is 5.21 Å². The van der Waals surface area contributed by atoms with Gasteiger partial charge in [-0.15, -0.1) is 0 Å². The highest BCUT2D eigenvalue weighted by Crippen LogP contribution is 2.30. The number of amidine groups is 1. The Balaban J connectivity index is 2.69. The first-order valence-corrected chi connectivity index (χ1v) is 7.64. The molecule has 0 fully saturated rings. The largest absolute Gasteiger partial charge is 0.409 e. The topological polar surface area (TPSA) is 92.6 Å². The fourth-order valence-electron chi connectivity index (χ4n) is 1.69. The van der Waals surface area contributed by atoms with E-state index in [-0.39, 0.29) is 5.84 Å². The van der Waals surface area contributed by atoms with Gasteiger partial charge >= 0.3 is 0 Å². The number of aromatic nitrogens is 3. The van der Waals surface area contributed by atoms with E-state index in [9.17, 15) is 0 Å². The number of hydrogen-bond acceptors (Lipinski definition) is 7. The number of nitrogens with zero attached hydrogens (tertiary/aromatic N) is 5. The van der Waals surface area contributed by atoms with Crippen molar-refractivity contribution in [1.29, 1.82) is 0 Å². The van der Waals surface area contributed by atoms with E-state index in [2.05, 4.69) is 22.0 Å². The van der Waals surface area contributed by atoms with Crippen molar-refractivity contribution in [3.05, 3.63) is 17.8 Å². The van der Waals surface area contributed by atoms with Crippen molar-refractivity contribution in [1.82, 2.24) is 18.2 Å². The first-order chi connectivity index (χ1) is 9.58. The van der Waals surface area contributed by atoms with Crippen molar-refractivity contribution in [2.75, 3.05) is 19.8 Å². The van der Waals surface area contributed by atoms with E-state index in [0.29, 0.717) is 11.2 Å². The Labute approximate surface area is 125 Å². The summed E-state index contributed by atoms with van der Waals surface area (Å²) in [6, 6.07) is 1.72. The molecule has 2 aromatic heterocycles. The summed E-state index contributed by atoms with van der Waals surface area (Å²) in [5.41, 5.74) is 7.71. The number of fused-ring (bicyclic) bond motifs is 1. The molecule has 0 atom stereocenters. The number of pyridine rings is 1. The summed E-state index contributed by atoms with van der Waals surface area (Å²) in [5, 5.41) is 12.8. The first kappa shape index (κ1) is 14.9. The van der Waals surface area contributed by atoms with Crippen LogP contribution in [0.2, 0.25) is 0 Å². The lowest BCUT2D eigenvalue weighted by Crippen LogP contribution is -2.14. The summed E-state index contributed by atoms with van der Waals surface area (Å²) >= 11 is 3.10. The van der Waals surface area contributed by atoms with Gasteiger partial charge in [0.2, 0.25) is 0 Å². The van der Waals surface area contributed by atoms with E-state index in [1.54, 1.807) is 24.2 Å². The highest BCUT2D eigenvalue weighted by molar-refractivity contribution is 8.00. The van der Waals surface area contributed by atoms with E-state index in [1.165, 1.54) is 11.9 Å². The lowest BCUT2D eigenvalue weighted by Gasteiger charge is -2.10. The van der Waals surface area contributed by atoms with Gasteiger partial charge in [-0.2, -0.15) is 0 Å². The molecule has 3 N–H and O–H groups in total. The molecule has 0 aliphatic heterocycles. The third kappa shape index (κ3) is 2.84. The van der Waals surface area contributed by atoms with E-state index in [4.69, 9.17) is 10.9 Å². The molecule has 0 aliphatic rings. The predicted octanol–water partition coefficient (Wildman–Crippen LogP) is 1.61. The molecular formula is C11H16N6OS2. The Kier molecular flexibility index (Phi) is 4.73. The van der Waals surface area contributed by atoms with Crippen molar-refractivity contribution in [3.63, 3.8) is 0 Å². The van der Waals surface area contributed by atoms with Crippen LogP contribution < -0.4 is 5.73 Å². The highest BCUT2D eigenvalue weighted by Gasteiger charge is 2.18. The molecule has 0 aromatic carbocycles. The van der Waals surface area contributed by atoms with Gasteiger partial charge in [-0.3, -0.25) is 3.97 Å². The normalized spacial score (nSPS) is 12.5. The maximum absolute atomic E-state index is 8.91. The summed E-state index contributed by atoms with van der Waals surface area (Å²) in [4.78, 5) is 8.77. The average molecular weight is 312 g/mol. The van der Waals surface area contributed by atoms with Gasteiger partial charge in [-0.05, 0) is 44.1 Å². The van der Waals surface area contributed by atoms with Crippen molar-refractivity contribution in [3.8, 4) is 0 Å². The highest BCUT2D eigenvalue weighted by atomic mass is 32.2. The van der Waals surface area contributed by atoms with Gasteiger partial charge in [0.15, 0.2) is 16.6 Å². The molecule has 2 aromatic rings. The predicted molar refractivity (Wildman–Crippen MR) is 83.1 cm³/mol. The number of oxime groups is 1. The van der Waals surface area contributed by atoms with Gasteiger partial charge in [0.05, 0.1) is 5.56 Å². The Morgan fingerprint density at radius 1 is 1.55 bits per heavy atom. The molecule has 0 aliphatic carbocycles. The monoisotopic (exact) mass is 312 g/mol. The molecule has 0 amide bonds. The van der Waals surface area contributed by atoms with Crippen LogP contribution in [0, 0.1) is 0 Å². The smallest absolute Gasteiger partial charge is 0.196 e. The molecule has 0 unspecified atom stereocenters. The average Bonchev–Trinajstić information content (AvgIpc) is 2.75. The molecule has 20 heavy (non-hydrogen) atoms. The number of hydrogen-bond donors (Lipinski definition) is 2. The molecule has 2 rings (SSSR count). The van der Waals surface area contributed by atoms with Gasteiger partial charge in [0.1, 0.15) is 5.52 Å². The molecule has 0 bridgehead atoms. The second-order valence-electron chi connectivity index (χ2n) is 4.03. The van der Waals surface area contributed by atoms with Crippen molar-refractivity contribution in [2.24, 2.45) is 10.9 Å². The fraction of sp³-hybridized carbons (Fsp3) is 0.364. The minimum Gasteiger partial charge on any atom is -0.409 e. The Morgan fingerprint density at radius 3 is 2.90 bits per heavy atom. The van der Waals surface area contributed by atoms with Gasteiger partial charge in [-0.1, -0.05) is 12.1 Å². The van der Waals surface area contributed by atoms with Gasteiger partial charge in [-0.25, -0.2) is 14.3 Å². The zero-order valence-corrected chi connectivity index (χ0v) is 13.1. The first-order valence-electron chi connectivity index (χ1n) is 5.92. The quantitative estimate of drug-likeness (QED) is 0.285. The maximum atomic E-state index is 8.91. The van der Waals surface area contributed by atoms with Crippen LogP contribution in [0.3, 0.4) is 0 Å². The lowest BCUT2D eigenvalue weighted by atomic mass is 10.2. The van der Waals surface area contributed by atoms with E-state index < -0.39 is 0 Å². The number of rotatable bonds is 5. The molecule has 2 heterocycles. The van der Waals surface area contributed by atoms with Crippen LogP contribution in [0.1, 0.15) is 12.5 Å². The van der Waals surface area contributed by atoms with Crippen LogP contribution in [0.4, 0.5) is 0 Å². The zero-order chi connectivity index (χ0) is 14.7. The summed E-state index contributed by atoms with van der Waals surface area (Å²) in [6.07, 6.45) is 1.60. The summed E-state index contributed by atoms with van der Waals surface area (Å²) in [7, 11) is 3.89. The van der Waals surface area contributed by atoms with E-state index in [0.717, 1.165) is 16.4 Å². The van der Waals surface area contributed by atoms with Crippen molar-refractivity contribution >= 4 is 40.9 Å². The Hall–Kier alpha value is -1.45. The SMILES string of the molecule is CCSn1c(SN(C)C)nc2nccc(C(N)=NO)c21. The van der Waals surface area contributed by atoms with Gasteiger partial charge in [0, 0.05) is 11.9 Å². The second-order valence-corrected chi connectivity index (χ2v) is 6.50. The lowest BCUT2D eigenvalue weighted by molar-refractivity contribution is 0.318. The number of imidazole rings is 1. The molecule has 9 heteroatoms. The third-order valence-electron chi connectivity index (χ3n) is 2.39. The summed E-state index contributed by atoms with van der Waals surface area (Å²) in [6.45, 7) is 2.06. The molecule has 0 spiro atoms. The van der Waals surface area contributed by atoms with Crippen LogP contribution >= 0.6 is 23.9 Å². The summed E-state index contributed by atoms with van der Waals surface area (Å²) < 4.78 is 3.93. The van der Waals surface area contributed by atoms with Crippen LogP contribution in [-0.2, 0) is 0 Å².